The van der Waals surface area contributed by atoms with Gasteiger partial charge in [-0.05, 0) is 36.8 Å². The van der Waals surface area contributed by atoms with E-state index in [0.29, 0.717) is 5.56 Å². The molecule has 0 bridgehead atoms. The maximum Gasteiger partial charge on any atom is 0.251 e. The van der Waals surface area contributed by atoms with Crippen LogP contribution in [0.5, 0.6) is 0 Å². The Hall–Kier alpha value is -2.29. The Labute approximate surface area is 120 Å². The van der Waals surface area contributed by atoms with E-state index < -0.39 is 0 Å². The Morgan fingerprint density at radius 3 is 2.15 bits per heavy atom. The number of nitrogens with zero attached hydrogens (tertiary/aromatic N) is 1. The lowest BCUT2D eigenvalue weighted by atomic mass is 10.1. The molecule has 0 aliphatic heterocycles. The van der Waals surface area contributed by atoms with E-state index in [9.17, 15) is 4.79 Å². The van der Waals surface area contributed by atoms with Gasteiger partial charge in [0.25, 0.3) is 5.91 Å². The van der Waals surface area contributed by atoms with E-state index in [0.717, 1.165) is 11.3 Å². The highest BCUT2D eigenvalue weighted by Gasteiger charge is 2.11. The first-order chi connectivity index (χ1) is 9.58. The third kappa shape index (κ3) is 3.38. The molecule has 2 rings (SSSR count). The second kappa shape index (κ2) is 6.24. The van der Waals surface area contributed by atoms with Crippen LogP contribution in [0.15, 0.2) is 54.6 Å². The largest absolute Gasteiger partial charge is 0.378 e. The fourth-order valence-corrected chi connectivity index (χ4v) is 2.02. The number of anilines is 1. The van der Waals surface area contributed by atoms with Crippen molar-refractivity contribution in [1.29, 1.82) is 0 Å². The van der Waals surface area contributed by atoms with Crippen LogP contribution in [0.2, 0.25) is 0 Å². The van der Waals surface area contributed by atoms with Crippen molar-refractivity contribution < 1.29 is 4.79 Å². The van der Waals surface area contributed by atoms with E-state index >= 15 is 0 Å². The highest BCUT2D eigenvalue weighted by atomic mass is 16.1. The zero-order chi connectivity index (χ0) is 14.5. The molecule has 0 radical (unpaired) electrons. The summed E-state index contributed by atoms with van der Waals surface area (Å²) in [7, 11) is 3.96. The molecule has 2 aromatic rings. The van der Waals surface area contributed by atoms with Crippen molar-refractivity contribution >= 4 is 11.6 Å². The minimum Gasteiger partial charge on any atom is -0.378 e. The minimum atomic E-state index is -0.0494. The first-order valence-electron chi connectivity index (χ1n) is 6.71. The maximum atomic E-state index is 12.2. The standard InChI is InChI=1S/C17H20N2O/c1-13(14-7-5-4-6-8-14)18-17(20)15-9-11-16(12-10-15)19(2)3/h4-13H,1-3H3,(H,18,20)/t13-/m0/s1. The maximum absolute atomic E-state index is 12.2. The molecule has 2 aromatic carbocycles. The van der Waals surface area contributed by atoms with E-state index in [-0.39, 0.29) is 11.9 Å². The molecule has 0 saturated carbocycles. The molecule has 0 heterocycles. The van der Waals surface area contributed by atoms with Crippen LogP contribution in [0, 0.1) is 0 Å². The van der Waals surface area contributed by atoms with E-state index in [2.05, 4.69) is 5.32 Å². The number of hydrogen-bond donors (Lipinski definition) is 1. The van der Waals surface area contributed by atoms with Crippen molar-refractivity contribution in [3.8, 4) is 0 Å². The lowest BCUT2D eigenvalue weighted by molar-refractivity contribution is 0.0940. The van der Waals surface area contributed by atoms with Crippen molar-refractivity contribution in [3.05, 3.63) is 65.7 Å². The predicted octanol–water partition coefficient (Wildman–Crippen LogP) is 3.24. The summed E-state index contributed by atoms with van der Waals surface area (Å²) in [4.78, 5) is 14.2. The number of rotatable bonds is 4. The average molecular weight is 268 g/mol. The molecule has 1 amide bonds. The molecular weight excluding hydrogens is 248 g/mol. The minimum absolute atomic E-state index is 0.00257. The second-order valence-electron chi connectivity index (χ2n) is 5.05. The monoisotopic (exact) mass is 268 g/mol. The molecule has 0 unspecified atom stereocenters. The summed E-state index contributed by atoms with van der Waals surface area (Å²) in [5.74, 6) is -0.0494. The van der Waals surface area contributed by atoms with Crippen molar-refractivity contribution in [1.82, 2.24) is 5.32 Å². The predicted molar refractivity (Wildman–Crippen MR) is 83.1 cm³/mol. The van der Waals surface area contributed by atoms with Crippen LogP contribution in [-0.2, 0) is 0 Å². The highest BCUT2D eigenvalue weighted by molar-refractivity contribution is 5.94. The van der Waals surface area contributed by atoms with E-state index in [4.69, 9.17) is 0 Å². The quantitative estimate of drug-likeness (QED) is 0.923. The number of nitrogens with one attached hydrogen (secondary N) is 1. The zero-order valence-corrected chi connectivity index (χ0v) is 12.1. The van der Waals surface area contributed by atoms with Gasteiger partial charge in [0, 0.05) is 25.3 Å². The van der Waals surface area contributed by atoms with Gasteiger partial charge in [-0.15, -0.1) is 0 Å². The Kier molecular flexibility index (Phi) is 4.41. The van der Waals surface area contributed by atoms with Crippen LogP contribution in [0.25, 0.3) is 0 Å². The molecule has 0 aromatic heterocycles. The number of benzene rings is 2. The topological polar surface area (TPSA) is 32.3 Å². The van der Waals surface area contributed by atoms with Gasteiger partial charge in [0.1, 0.15) is 0 Å². The SMILES string of the molecule is C[C@H](NC(=O)c1ccc(N(C)C)cc1)c1ccccc1. The van der Waals surface area contributed by atoms with E-state index in [1.807, 2.05) is 80.5 Å². The summed E-state index contributed by atoms with van der Waals surface area (Å²) >= 11 is 0. The molecule has 3 heteroatoms. The zero-order valence-electron chi connectivity index (χ0n) is 12.1. The molecule has 0 aliphatic rings. The van der Waals surface area contributed by atoms with Crippen LogP contribution in [0.3, 0.4) is 0 Å². The molecule has 1 atom stereocenters. The van der Waals surface area contributed by atoms with Crippen LogP contribution < -0.4 is 10.2 Å². The Bertz CT molecular complexity index is 561. The summed E-state index contributed by atoms with van der Waals surface area (Å²) in [6.45, 7) is 1.99. The molecule has 3 nitrogen and oxygen atoms in total. The van der Waals surface area contributed by atoms with Crippen molar-refractivity contribution in [2.45, 2.75) is 13.0 Å². The van der Waals surface area contributed by atoms with Crippen molar-refractivity contribution in [3.63, 3.8) is 0 Å². The lowest BCUT2D eigenvalue weighted by Crippen LogP contribution is -2.26. The second-order valence-corrected chi connectivity index (χ2v) is 5.05. The van der Waals surface area contributed by atoms with Gasteiger partial charge in [-0.2, -0.15) is 0 Å². The van der Waals surface area contributed by atoms with Crippen molar-refractivity contribution in [2.24, 2.45) is 0 Å². The number of carbonyl (C=O) groups is 1. The molecule has 1 N–H and O–H groups in total. The molecule has 104 valence electrons. The fourth-order valence-electron chi connectivity index (χ4n) is 2.02. The summed E-state index contributed by atoms with van der Waals surface area (Å²) in [6.07, 6.45) is 0. The average Bonchev–Trinajstić information content (AvgIpc) is 2.48. The summed E-state index contributed by atoms with van der Waals surface area (Å²) in [6, 6.07) is 17.5. The van der Waals surface area contributed by atoms with E-state index in [1.54, 1.807) is 0 Å². The summed E-state index contributed by atoms with van der Waals surface area (Å²) in [5, 5.41) is 3.01. The van der Waals surface area contributed by atoms with Crippen LogP contribution >= 0.6 is 0 Å². The Morgan fingerprint density at radius 2 is 1.60 bits per heavy atom. The van der Waals surface area contributed by atoms with Gasteiger partial charge in [-0.1, -0.05) is 30.3 Å². The highest BCUT2D eigenvalue weighted by Crippen LogP contribution is 2.15. The first kappa shape index (κ1) is 14.1. The molecule has 20 heavy (non-hydrogen) atoms. The van der Waals surface area contributed by atoms with Gasteiger partial charge in [0.15, 0.2) is 0 Å². The Balaban J connectivity index is 2.05. The smallest absolute Gasteiger partial charge is 0.251 e. The molecule has 0 fully saturated rings. The number of hydrogen-bond acceptors (Lipinski definition) is 2. The van der Waals surface area contributed by atoms with Gasteiger partial charge < -0.3 is 10.2 Å². The van der Waals surface area contributed by atoms with Gasteiger partial charge in [0.05, 0.1) is 6.04 Å². The lowest BCUT2D eigenvalue weighted by Gasteiger charge is -2.15. The van der Waals surface area contributed by atoms with E-state index in [1.165, 1.54) is 0 Å². The van der Waals surface area contributed by atoms with Gasteiger partial charge in [-0.3, -0.25) is 4.79 Å². The summed E-state index contributed by atoms with van der Waals surface area (Å²) < 4.78 is 0. The van der Waals surface area contributed by atoms with Gasteiger partial charge in [-0.25, -0.2) is 0 Å². The van der Waals surface area contributed by atoms with Gasteiger partial charge in [0.2, 0.25) is 0 Å². The third-order valence-electron chi connectivity index (χ3n) is 3.29. The molecule has 0 spiro atoms. The van der Waals surface area contributed by atoms with Gasteiger partial charge >= 0.3 is 0 Å². The molecule has 0 aliphatic carbocycles. The number of carbonyl (C=O) groups excluding carboxylic acids is 1. The molecule has 0 saturated heterocycles. The first-order valence-corrected chi connectivity index (χ1v) is 6.71. The summed E-state index contributed by atoms with van der Waals surface area (Å²) in [5.41, 5.74) is 2.86. The molecular formula is C17H20N2O. The van der Waals surface area contributed by atoms with Crippen LogP contribution in [-0.4, -0.2) is 20.0 Å². The van der Waals surface area contributed by atoms with Crippen molar-refractivity contribution in [2.75, 3.05) is 19.0 Å². The van der Waals surface area contributed by atoms with Crippen LogP contribution in [0.1, 0.15) is 28.9 Å². The fraction of sp³-hybridized carbons (Fsp3) is 0.235. The number of amides is 1. The normalized spacial score (nSPS) is 11.8. The Morgan fingerprint density at radius 1 is 1.00 bits per heavy atom. The third-order valence-corrected chi connectivity index (χ3v) is 3.29. The van der Waals surface area contributed by atoms with Crippen LogP contribution in [0.4, 0.5) is 5.69 Å².